The van der Waals surface area contributed by atoms with Crippen molar-refractivity contribution in [2.24, 2.45) is 0 Å². The molecule has 0 saturated carbocycles. The Morgan fingerprint density at radius 2 is 2.19 bits per heavy atom. The number of ether oxygens (including phenoxy) is 1. The lowest BCUT2D eigenvalue weighted by Crippen LogP contribution is -2.18. The van der Waals surface area contributed by atoms with Crippen LogP contribution in [-0.2, 0) is 6.61 Å². The number of thiazole rings is 1. The Morgan fingerprint density at radius 3 is 2.94 bits per heavy atom. The largest absolute Gasteiger partial charge is 0.487 e. The minimum Gasteiger partial charge on any atom is -0.487 e. The molecule has 0 aliphatic carbocycles. The highest BCUT2D eigenvalue weighted by Gasteiger charge is 2.20. The summed E-state index contributed by atoms with van der Waals surface area (Å²) in [5.41, 5.74) is 3.36. The maximum Gasteiger partial charge on any atom is 0.146 e. The molecule has 4 rings (SSSR count). The van der Waals surface area contributed by atoms with Crippen molar-refractivity contribution >= 4 is 39.7 Å². The van der Waals surface area contributed by atoms with Crippen molar-refractivity contribution in [3.05, 3.63) is 80.7 Å². The van der Waals surface area contributed by atoms with Gasteiger partial charge in [-0.25, -0.2) is 9.97 Å². The number of aliphatic hydroxyl groups is 1. The lowest BCUT2D eigenvalue weighted by atomic mass is 10.1. The highest BCUT2D eigenvalue weighted by Crippen LogP contribution is 2.32. The lowest BCUT2D eigenvalue weighted by molar-refractivity contribution is 0.214. The Hall–Kier alpha value is -3.07. The second-order valence-electron chi connectivity index (χ2n) is 6.84. The molecule has 0 spiro atoms. The number of pyridine rings is 2. The summed E-state index contributed by atoms with van der Waals surface area (Å²) in [6.07, 6.45) is 3.80. The van der Waals surface area contributed by atoms with Gasteiger partial charge in [-0.15, -0.1) is 11.3 Å². The first-order valence-electron chi connectivity index (χ1n) is 9.49. The first kappa shape index (κ1) is 21.2. The van der Waals surface area contributed by atoms with Gasteiger partial charge >= 0.3 is 0 Å². The first-order valence-corrected chi connectivity index (χ1v) is 10.7. The Labute approximate surface area is 188 Å². The van der Waals surface area contributed by atoms with Gasteiger partial charge in [-0.3, -0.25) is 10.4 Å². The number of aliphatic hydroxyl groups excluding tert-OH is 1. The van der Waals surface area contributed by atoms with Crippen LogP contribution >= 0.6 is 22.9 Å². The molecule has 0 bridgehead atoms. The Balaban J connectivity index is 1.71. The zero-order valence-corrected chi connectivity index (χ0v) is 18.5. The molecular weight excluding hydrogens is 434 g/mol. The molecule has 1 unspecified atom stereocenters. The highest BCUT2D eigenvalue weighted by atomic mass is 35.5. The maximum atomic E-state index is 10.8. The fourth-order valence-corrected chi connectivity index (χ4v) is 4.18. The lowest BCUT2D eigenvalue weighted by Gasteiger charge is -2.17. The smallest absolute Gasteiger partial charge is 0.146 e. The average molecular weight is 454 g/mol. The molecule has 0 aliphatic rings. The molecule has 0 amide bonds. The molecule has 4 aromatic rings. The van der Waals surface area contributed by atoms with Crippen molar-refractivity contribution in [3.8, 4) is 5.75 Å². The minimum absolute atomic E-state index is 0.118. The number of rotatable bonds is 6. The van der Waals surface area contributed by atoms with Crippen LogP contribution in [0, 0.1) is 12.3 Å². The number of para-hydroxylation sites is 1. The number of nitrogens with zero attached hydrogens (tertiary/aromatic N) is 3. The van der Waals surface area contributed by atoms with E-state index in [4.69, 9.17) is 21.7 Å². The van der Waals surface area contributed by atoms with Gasteiger partial charge in [0.05, 0.1) is 5.02 Å². The zero-order chi connectivity index (χ0) is 22.0. The predicted molar refractivity (Wildman–Crippen MR) is 122 cm³/mol. The predicted octanol–water partition coefficient (Wildman–Crippen LogP) is 4.25. The Bertz CT molecular complexity index is 1250. The molecule has 7 nitrogen and oxygen atoms in total. The summed E-state index contributed by atoms with van der Waals surface area (Å²) < 4.78 is 6.12. The normalized spacial score (nSPS) is 12.0. The monoisotopic (exact) mass is 453 g/mol. The van der Waals surface area contributed by atoms with E-state index in [-0.39, 0.29) is 6.61 Å². The van der Waals surface area contributed by atoms with Gasteiger partial charge in [0, 0.05) is 58.8 Å². The Morgan fingerprint density at radius 1 is 1.35 bits per heavy atom. The molecule has 0 fully saturated rings. The molecule has 0 aliphatic heterocycles. The molecule has 31 heavy (non-hydrogen) atoms. The molecule has 158 valence electrons. The number of hydrogen-bond acceptors (Lipinski definition) is 7. The van der Waals surface area contributed by atoms with Crippen LogP contribution in [0.5, 0.6) is 5.75 Å². The quantitative estimate of drug-likeness (QED) is 0.298. The van der Waals surface area contributed by atoms with Crippen LogP contribution in [0.15, 0.2) is 48.2 Å². The molecule has 0 radical (unpaired) electrons. The fourth-order valence-electron chi connectivity index (χ4n) is 3.33. The fraction of sp³-hybridized carbons (Fsp3) is 0.182. The van der Waals surface area contributed by atoms with Crippen molar-refractivity contribution in [1.82, 2.24) is 20.3 Å². The van der Waals surface area contributed by atoms with Crippen LogP contribution in [0.3, 0.4) is 0 Å². The van der Waals surface area contributed by atoms with E-state index < -0.39 is 6.10 Å². The van der Waals surface area contributed by atoms with Crippen molar-refractivity contribution in [2.75, 3.05) is 7.05 Å². The zero-order valence-electron chi connectivity index (χ0n) is 16.9. The third kappa shape index (κ3) is 4.23. The third-order valence-electron chi connectivity index (χ3n) is 4.84. The van der Waals surface area contributed by atoms with Crippen LogP contribution in [0.4, 0.5) is 0 Å². The van der Waals surface area contributed by atoms with Gasteiger partial charge in [-0.05, 0) is 19.1 Å². The van der Waals surface area contributed by atoms with E-state index in [1.807, 2.05) is 31.2 Å². The molecule has 9 heteroatoms. The van der Waals surface area contributed by atoms with Crippen molar-refractivity contribution in [2.45, 2.75) is 19.6 Å². The van der Waals surface area contributed by atoms with E-state index in [9.17, 15) is 5.11 Å². The SMILES string of the molecule is CNC(=N)c1cc(C)nc2c(OCc3c(Cl)cncc3C(O)c3nccs3)cccc12. The molecule has 3 aromatic heterocycles. The van der Waals surface area contributed by atoms with E-state index in [1.54, 1.807) is 24.8 Å². The molecule has 0 saturated heterocycles. The topological polar surface area (TPSA) is 104 Å². The number of amidine groups is 1. The minimum atomic E-state index is -0.944. The van der Waals surface area contributed by atoms with E-state index in [1.165, 1.54) is 17.5 Å². The van der Waals surface area contributed by atoms with Gasteiger partial charge in [0.2, 0.25) is 0 Å². The summed E-state index contributed by atoms with van der Waals surface area (Å²) >= 11 is 7.76. The highest BCUT2D eigenvalue weighted by molar-refractivity contribution is 7.09. The van der Waals surface area contributed by atoms with E-state index >= 15 is 0 Å². The maximum absolute atomic E-state index is 10.8. The summed E-state index contributed by atoms with van der Waals surface area (Å²) in [5.74, 6) is 0.868. The van der Waals surface area contributed by atoms with Gasteiger partial charge in [-0.2, -0.15) is 0 Å². The van der Waals surface area contributed by atoms with Crippen molar-refractivity contribution in [1.29, 1.82) is 5.41 Å². The van der Waals surface area contributed by atoms with Crippen LogP contribution in [0.25, 0.3) is 10.9 Å². The van der Waals surface area contributed by atoms with E-state index in [0.717, 1.165) is 16.6 Å². The number of halogens is 1. The summed E-state index contributed by atoms with van der Waals surface area (Å²) in [5, 5.41) is 25.4. The second-order valence-corrected chi connectivity index (χ2v) is 8.17. The van der Waals surface area contributed by atoms with Crippen molar-refractivity contribution < 1.29 is 9.84 Å². The molecule has 3 N–H and O–H groups in total. The van der Waals surface area contributed by atoms with Crippen LogP contribution in [-0.4, -0.2) is 32.9 Å². The van der Waals surface area contributed by atoms with Gasteiger partial charge in [0.25, 0.3) is 0 Å². The standard InChI is InChI=1S/C22H20ClN5O2S/c1-12-8-14(21(24)25-2)13-4-3-5-18(19(13)28-12)30-11-16-15(9-26-10-17(16)23)20(29)22-27-6-7-31-22/h3-10,20,29H,11H2,1-2H3,(H2,24,25). The number of aromatic nitrogens is 3. The van der Waals surface area contributed by atoms with Gasteiger partial charge in [-0.1, -0.05) is 23.7 Å². The van der Waals surface area contributed by atoms with Gasteiger partial charge < -0.3 is 15.2 Å². The molecular formula is C22H20ClN5O2S. The number of aryl methyl sites for hydroxylation is 1. The summed E-state index contributed by atoms with van der Waals surface area (Å²) in [6.45, 7) is 2.00. The number of benzene rings is 1. The Kier molecular flexibility index (Phi) is 6.13. The molecule has 1 aromatic carbocycles. The van der Waals surface area contributed by atoms with Gasteiger partial charge in [0.1, 0.15) is 34.8 Å². The summed E-state index contributed by atoms with van der Waals surface area (Å²) in [7, 11) is 1.71. The number of fused-ring (bicyclic) bond motifs is 1. The van der Waals surface area contributed by atoms with E-state index in [0.29, 0.717) is 38.3 Å². The number of nitrogens with one attached hydrogen (secondary N) is 2. The van der Waals surface area contributed by atoms with Crippen LogP contribution in [0.2, 0.25) is 5.02 Å². The summed E-state index contributed by atoms with van der Waals surface area (Å²) in [4.78, 5) is 12.9. The van der Waals surface area contributed by atoms with Crippen LogP contribution in [0.1, 0.15) is 33.5 Å². The average Bonchev–Trinajstić information content (AvgIpc) is 3.31. The number of hydrogen-bond donors (Lipinski definition) is 3. The van der Waals surface area contributed by atoms with Crippen LogP contribution < -0.4 is 10.1 Å². The molecule has 3 heterocycles. The second kappa shape index (κ2) is 8.97. The summed E-state index contributed by atoms with van der Waals surface area (Å²) in [6, 6.07) is 7.47. The van der Waals surface area contributed by atoms with Crippen molar-refractivity contribution in [3.63, 3.8) is 0 Å². The molecule has 1 atom stereocenters. The third-order valence-corrected chi connectivity index (χ3v) is 5.99. The van der Waals surface area contributed by atoms with E-state index in [2.05, 4.69) is 20.3 Å². The first-order chi connectivity index (χ1) is 15.0. The van der Waals surface area contributed by atoms with Gasteiger partial charge in [0.15, 0.2) is 0 Å².